The minimum absolute atomic E-state index is 0.157. The predicted octanol–water partition coefficient (Wildman–Crippen LogP) is -0.677. The van der Waals surface area contributed by atoms with Crippen molar-refractivity contribution in [1.82, 2.24) is 10.0 Å². The van der Waals surface area contributed by atoms with Crippen LogP contribution in [0.2, 0.25) is 0 Å². The van der Waals surface area contributed by atoms with Gasteiger partial charge >= 0.3 is 5.97 Å². The molecule has 6 nitrogen and oxygen atoms in total. The zero-order valence-corrected chi connectivity index (χ0v) is 10.9. The number of sulfonamides is 1. The molecule has 7 heteroatoms. The topological polar surface area (TPSA) is 84.5 Å². The third-order valence-corrected chi connectivity index (χ3v) is 3.88. The van der Waals surface area contributed by atoms with Crippen LogP contribution in [0.5, 0.6) is 0 Å². The maximum absolute atomic E-state index is 11.6. The molecule has 0 saturated carbocycles. The lowest BCUT2D eigenvalue weighted by Crippen LogP contribution is -2.41. The van der Waals surface area contributed by atoms with Crippen molar-refractivity contribution in [2.24, 2.45) is 5.92 Å². The summed E-state index contributed by atoms with van der Waals surface area (Å²) < 4.78 is 30.0. The van der Waals surface area contributed by atoms with E-state index in [-0.39, 0.29) is 5.92 Å². The van der Waals surface area contributed by atoms with Crippen LogP contribution in [0.1, 0.15) is 13.8 Å². The van der Waals surface area contributed by atoms with Gasteiger partial charge in [-0.25, -0.2) is 13.1 Å². The number of esters is 1. The van der Waals surface area contributed by atoms with E-state index in [0.29, 0.717) is 13.1 Å². The van der Waals surface area contributed by atoms with E-state index in [2.05, 4.69) is 14.8 Å². The summed E-state index contributed by atoms with van der Waals surface area (Å²) in [6.07, 6.45) is 0. The van der Waals surface area contributed by atoms with Gasteiger partial charge in [-0.05, 0) is 26.4 Å². The van der Waals surface area contributed by atoms with Crippen molar-refractivity contribution in [2.75, 3.05) is 27.2 Å². The fraction of sp³-hybridized carbons (Fsp3) is 0.889. The van der Waals surface area contributed by atoms with Crippen LogP contribution in [0.25, 0.3) is 0 Å². The Labute approximate surface area is 96.8 Å². The molecule has 0 saturated heterocycles. The molecule has 16 heavy (non-hydrogen) atoms. The van der Waals surface area contributed by atoms with Gasteiger partial charge in [-0.15, -0.1) is 0 Å². The Morgan fingerprint density at radius 2 is 1.88 bits per heavy atom. The highest BCUT2D eigenvalue weighted by molar-refractivity contribution is 7.90. The number of hydrogen-bond donors (Lipinski definition) is 2. The summed E-state index contributed by atoms with van der Waals surface area (Å²) in [4.78, 5) is 11.1. The van der Waals surface area contributed by atoms with Crippen molar-refractivity contribution in [3.05, 3.63) is 0 Å². The number of ether oxygens (including phenoxy) is 1. The zero-order chi connectivity index (χ0) is 12.8. The largest absolute Gasteiger partial charge is 0.468 e. The van der Waals surface area contributed by atoms with E-state index in [9.17, 15) is 13.2 Å². The molecular formula is C9H20N2O4S. The zero-order valence-electron chi connectivity index (χ0n) is 10.1. The van der Waals surface area contributed by atoms with E-state index in [0.717, 1.165) is 7.11 Å². The first-order valence-corrected chi connectivity index (χ1v) is 6.60. The van der Waals surface area contributed by atoms with Crippen molar-refractivity contribution in [1.29, 1.82) is 0 Å². The van der Waals surface area contributed by atoms with E-state index >= 15 is 0 Å². The Hall–Kier alpha value is -0.660. The van der Waals surface area contributed by atoms with Crippen LogP contribution in [-0.4, -0.2) is 46.9 Å². The van der Waals surface area contributed by atoms with Gasteiger partial charge in [0.05, 0.1) is 7.11 Å². The molecule has 0 amide bonds. The van der Waals surface area contributed by atoms with E-state index in [4.69, 9.17) is 0 Å². The number of carbonyl (C=O) groups is 1. The van der Waals surface area contributed by atoms with Gasteiger partial charge in [-0.1, -0.05) is 6.92 Å². The molecule has 0 radical (unpaired) electrons. The van der Waals surface area contributed by atoms with Crippen LogP contribution in [0.3, 0.4) is 0 Å². The average molecular weight is 252 g/mol. The molecule has 96 valence electrons. The number of rotatable bonds is 7. The minimum atomic E-state index is -3.64. The highest BCUT2D eigenvalue weighted by Gasteiger charge is 2.28. The highest BCUT2D eigenvalue weighted by atomic mass is 32.2. The lowest BCUT2D eigenvalue weighted by molar-refractivity contribution is -0.139. The summed E-state index contributed by atoms with van der Waals surface area (Å²) in [5.41, 5.74) is 0. The van der Waals surface area contributed by atoms with Gasteiger partial charge in [-0.2, -0.15) is 0 Å². The second-order valence-electron chi connectivity index (χ2n) is 3.72. The average Bonchev–Trinajstić information content (AvgIpc) is 2.25. The van der Waals surface area contributed by atoms with Crippen LogP contribution in [-0.2, 0) is 19.6 Å². The third-order valence-electron chi connectivity index (χ3n) is 2.18. The van der Waals surface area contributed by atoms with Crippen LogP contribution in [0.4, 0.5) is 0 Å². The molecule has 0 rings (SSSR count). The first kappa shape index (κ1) is 15.3. The van der Waals surface area contributed by atoms with E-state index < -0.39 is 21.2 Å². The summed E-state index contributed by atoms with van der Waals surface area (Å²) in [5.74, 6) is -0.599. The molecule has 0 aromatic rings. The Bertz CT molecular complexity index is 315. The van der Waals surface area contributed by atoms with Gasteiger partial charge in [0.25, 0.3) is 0 Å². The number of nitrogens with one attached hydrogen (secondary N) is 2. The van der Waals surface area contributed by atoms with Crippen LogP contribution < -0.4 is 10.0 Å². The minimum Gasteiger partial charge on any atom is -0.468 e. The first-order chi connectivity index (χ1) is 7.35. The second-order valence-corrected chi connectivity index (χ2v) is 5.81. The molecule has 0 aliphatic carbocycles. The summed E-state index contributed by atoms with van der Waals surface area (Å²) in [6, 6.07) is 0. The fourth-order valence-corrected chi connectivity index (χ4v) is 2.21. The Morgan fingerprint density at radius 3 is 2.31 bits per heavy atom. The van der Waals surface area contributed by atoms with E-state index in [1.54, 1.807) is 7.05 Å². The smallest absolute Gasteiger partial charge is 0.325 e. The maximum atomic E-state index is 11.6. The normalized spacial score (nSPS) is 15.5. The van der Waals surface area contributed by atoms with Crippen molar-refractivity contribution in [2.45, 2.75) is 19.1 Å². The van der Waals surface area contributed by atoms with Gasteiger partial charge in [0.1, 0.15) is 0 Å². The first-order valence-electron chi connectivity index (χ1n) is 5.06. The van der Waals surface area contributed by atoms with E-state index in [1.807, 2.05) is 6.92 Å². The monoisotopic (exact) mass is 252 g/mol. The molecule has 0 aromatic heterocycles. The van der Waals surface area contributed by atoms with Gasteiger partial charge in [-0.3, -0.25) is 4.79 Å². The quantitative estimate of drug-likeness (QED) is 0.587. The Kier molecular flexibility index (Phi) is 6.54. The lowest BCUT2D eigenvalue weighted by atomic mass is 10.2. The molecule has 2 N–H and O–H groups in total. The van der Waals surface area contributed by atoms with Crippen LogP contribution in [0, 0.1) is 5.92 Å². The molecule has 0 heterocycles. The van der Waals surface area contributed by atoms with E-state index in [1.165, 1.54) is 6.92 Å². The summed E-state index contributed by atoms with van der Waals surface area (Å²) in [6.45, 7) is 4.21. The standard InChI is InChI=1S/C9H20N2O4S/c1-7(5-10-3)6-11-16(13,14)8(2)9(12)15-4/h7-8,10-11H,5-6H2,1-4H3. The number of methoxy groups -OCH3 is 1. The molecule has 2 unspecified atom stereocenters. The molecule has 2 atom stereocenters. The maximum Gasteiger partial charge on any atom is 0.325 e. The highest BCUT2D eigenvalue weighted by Crippen LogP contribution is 2.01. The van der Waals surface area contributed by atoms with Gasteiger partial charge in [0.2, 0.25) is 10.0 Å². The summed E-state index contributed by atoms with van der Waals surface area (Å²) >= 11 is 0. The summed E-state index contributed by atoms with van der Waals surface area (Å²) in [5, 5.41) is 1.76. The van der Waals surface area contributed by atoms with Gasteiger partial charge < -0.3 is 10.1 Å². The van der Waals surface area contributed by atoms with Crippen molar-refractivity contribution >= 4 is 16.0 Å². The molecule has 0 spiro atoms. The lowest BCUT2D eigenvalue weighted by Gasteiger charge is -2.15. The Balaban J connectivity index is 4.30. The van der Waals surface area contributed by atoms with Crippen molar-refractivity contribution < 1.29 is 17.9 Å². The fourth-order valence-electron chi connectivity index (χ4n) is 1.10. The van der Waals surface area contributed by atoms with Crippen LogP contribution in [0.15, 0.2) is 0 Å². The van der Waals surface area contributed by atoms with Crippen molar-refractivity contribution in [3.63, 3.8) is 0 Å². The van der Waals surface area contributed by atoms with Crippen molar-refractivity contribution in [3.8, 4) is 0 Å². The molecule has 0 aliphatic rings. The van der Waals surface area contributed by atoms with Crippen LogP contribution >= 0.6 is 0 Å². The predicted molar refractivity (Wildman–Crippen MR) is 61.5 cm³/mol. The molecule has 0 fully saturated rings. The SMILES string of the molecule is CNCC(C)CNS(=O)(=O)C(C)C(=O)OC. The molecule has 0 aromatic carbocycles. The molecule has 0 aliphatic heterocycles. The third kappa shape index (κ3) is 4.91. The number of carbonyl (C=O) groups excluding carboxylic acids is 1. The van der Waals surface area contributed by atoms with Gasteiger partial charge in [0, 0.05) is 6.54 Å². The molecule has 0 bridgehead atoms. The van der Waals surface area contributed by atoms with Gasteiger partial charge in [0.15, 0.2) is 5.25 Å². The number of hydrogen-bond acceptors (Lipinski definition) is 5. The Morgan fingerprint density at radius 1 is 1.31 bits per heavy atom. The summed E-state index contributed by atoms with van der Waals surface area (Å²) in [7, 11) is -0.679. The molecular weight excluding hydrogens is 232 g/mol. The second kappa shape index (κ2) is 6.82.